The Balaban J connectivity index is 1.22. The number of nitrogen functional groups attached to an aromatic ring is 1. The van der Waals surface area contributed by atoms with Crippen LogP contribution in [0.1, 0.15) is 101 Å². The molecule has 186 valence electrons. The van der Waals surface area contributed by atoms with Crippen molar-refractivity contribution in [3.05, 3.63) is 29.3 Å². The molecule has 3 aliphatic carbocycles. The van der Waals surface area contributed by atoms with Crippen LogP contribution in [0.25, 0.3) is 0 Å². The van der Waals surface area contributed by atoms with Crippen LogP contribution in [0, 0.1) is 36.5 Å². The van der Waals surface area contributed by atoms with Crippen molar-refractivity contribution in [3.63, 3.8) is 0 Å². The van der Waals surface area contributed by atoms with Crippen molar-refractivity contribution >= 4 is 5.69 Å². The van der Waals surface area contributed by atoms with Crippen molar-refractivity contribution in [2.45, 2.75) is 108 Å². The summed E-state index contributed by atoms with van der Waals surface area (Å²) in [4.78, 5) is 0. The summed E-state index contributed by atoms with van der Waals surface area (Å²) in [5.74, 6) is -2.13. The standard InChI is InChI=1S/C28H45NO4/c1-18-16-27(30,31)26(28(32,33)17-18)14-6-20-4-8-21(9-5-20)22-10-12-23(13-11-22)24-7-3-19(2)25(29)15-24/h3,7,15,18,20-23,26,30-33H,4-6,8-14,16-17,29H2,1-2H3. The van der Waals surface area contributed by atoms with E-state index in [0.717, 1.165) is 29.5 Å². The van der Waals surface area contributed by atoms with Gasteiger partial charge in [-0.05, 0) is 105 Å². The number of hydrogen-bond acceptors (Lipinski definition) is 5. The maximum absolute atomic E-state index is 10.4. The highest BCUT2D eigenvalue weighted by Crippen LogP contribution is 2.47. The maximum atomic E-state index is 10.4. The Labute approximate surface area is 199 Å². The second-order valence-corrected chi connectivity index (χ2v) is 11.9. The molecular formula is C28H45NO4. The summed E-state index contributed by atoms with van der Waals surface area (Å²) in [5, 5.41) is 41.8. The van der Waals surface area contributed by atoms with Gasteiger partial charge in [-0.2, -0.15) is 0 Å². The fourth-order valence-corrected chi connectivity index (χ4v) is 7.40. The minimum Gasteiger partial charge on any atom is -0.399 e. The molecule has 5 heteroatoms. The van der Waals surface area contributed by atoms with E-state index in [0.29, 0.717) is 18.3 Å². The van der Waals surface area contributed by atoms with Crippen molar-refractivity contribution in [1.82, 2.24) is 0 Å². The van der Waals surface area contributed by atoms with Crippen molar-refractivity contribution < 1.29 is 20.4 Å². The number of aryl methyl sites for hydroxylation is 1. The number of anilines is 1. The molecule has 0 atom stereocenters. The number of aliphatic hydroxyl groups is 4. The normalized spacial score (nSPS) is 36.4. The topological polar surface area (TPSA) is 107 Å². The summed E-state index contributed by atoms with van der Waals surface area (Å²) < 4.78 is 0. The molecule has 0 aromatic heterocycles. The van der Waals surface area contributed by atoms with Gasteiger partial charge in [0.1, 0.15) is 0 Å². The number of hydrogen-bond donors (Lipinski definition) is 5. The van der Waals surface area contributed by atoms with Gasteiger partial charge in [0.15, 0.2) is 11.6 Å². The second-order valence-electron chi connectivity index (χ2n) is 11.9. The van der Waals surface area contributed by atoms with E-state index in [2.05, 4.69) is 25.1 Å². The maximum Gasteiger partial charge on any atom is 0.170 e. The summed E-state index contributed by atoms with van der Waals surface area (Å²) >= 11 is 0. The summed E-state index contributed by atoms with van der Waals surface area (Å²) in [6.07, 6.45) is 11.7. The van der Waals surface area contributed by atoms with Crippen LogP contribution in [0.2, 0.25) is 0 Å². The van der Waals surface area contributed by atoms with Gasteiger partial charge in [0, 0.05) is 18.5 Å². The SMILES string of the molecule is Cc1ccc(C2CCC(C3CCC(CCC4C(O)(O)CC(C)CC4(O)O)CC3)CC2)cc1N. The van der Waals surface area contributed by atoms with Crippen LogP contribution in [0.5, 0.6) is 0 Å². The van der Waals surface area contributed by atoms with Gasteiger partial charge in [0.05, 0.1) is 5.92 Å². The van der Waals surface area contributed by atoms with E-state index < -0.39 is 17.5 Å². The molecule has 5 nitrogen and oxygen atoms in total. The molecule has 1 aromatic carbocycles. The van der Waals surface area contributed by atoms with E-state index in [9.17, 15) is 20.4 Å². The molecule has 0 heterocycles. The van der Waals surface area contributed by atoms with E-state index in [4.69, 9.17) is 5.73 Å². The Bertz CT molecular complexity index is 773. The van der Waals surface area contributed by atoms with E-state index in [1.165, 1.54) is 56.9 Å². The summed E-state index contributed by atoms with van der Waals surface area (Å²) in [5.41, 5.74) is 9.62. The lowest BCUT2D eigenvalue weighted by molar-refractivity contribution is -0.335. The average molecular weight is 460 g/mol. The van der Waals surface area contributed by atoms with E-state index in [-0.39, 0.29) is 18.8 Å². The first-order valence-electron chi connectivity index (χ1n) is 13.3. The molecule has 0 aliphatic heterocycles. The number of benzene rings is 1. The second kappa shape index (κ2) is 9.85. The first-order valence-corrected chi connectivity index (χ1v) is 13.3. The third kappa shape index (κ3) is 5.75. The lowest BCUT2D eigenvalue weighted by atomic mass is 9.66. The molecule has 0 bridgehead atoms. The van der Waals surface area contributed by atoms with Gasteiger partial charge in [-0.1, -0.05) is 31.9 Å². The lowest BCUT2D eigenvalue weighted by Gasteiger charge is -2.47. The molecular weight excluding hydrogens is 414 g/mol. The Hall–Kier alpha value is -1.14. The van der Waals surface area contributed by atoms with Crippen molar-refractivity contribution in [2.24, 2.45) is 29.6 Å². The van der Waals surface area contributed by atoms with Gasteiger partial charge in [-0.3, -0.25) is 0 Å². The fourth-order valence-electron chi connectivity index (χ4n) is 7.40. The number of nitrogens with two attached hydrogens (primary N) is 1. The first kappa shape index (κ1) is 25.0. The highest BCUT2D eigenvalue weighted by atomic mass is 16.5. The van der Waals surface area contributed by atoms with Gasteiger partial charge < -0.3 is 26.2 Å². The zero-order chi connectivity index (χ0) is 23.8. The molecule has 33 heavy (non-hydrogen) atoms. The van der Waals surface area contributed by atoms with Crippen LogP contribution >= 0.6 is 0 Å². The molecule has 0 spiro atoms. The number of rotatable bonds is 5. The van der Waals surface area contributed by atoms with Crippen LogP contribution in [0.4, 0.5) is 5.69 Å². The fraction of sp³-hybridized carbons (Fsp3) is 0.786. The summed E-state index contributed by atoms with van der Waals surface area (Å²) in [6, 6.07) is 6.59. The Morgan fingerprint density at radius 1 is 0.818 bits per heavy atom. The molecule has 3 fully saturated rings. The molecule has 0 amide bonds. The smallest absolute Gasteiger partial charge is 0.170 e. The third-order valence-electron chi connectivity index (χ3n) is 9.38. The summed E-state index contributed by atoms with van der Waals surface area (Å²) in [7, 11) is 0. The highest BCUT2D eigenvalue weighted by molar-refractivity contribution is 5.49. The molecule has 6 N–H and O–H groups in total. The minimum absolute atomic E-state index is 0.111. The van der Waals surface area contributed by atoms with E-state index >= 15 is 0 Å². The largest absolute Gasteiger partial charge is 0.399 e. The van der Waals surface area contributed by atoms with Crippen LogP contribution in [0.3, 0.4) is 0 Å². The van der Waals surface area contributed by atoms with Gasteiger partial charge in [-0.15, -0.1) is 0 Å². The molecule has 1 aromatic rings. The van der Waals surface area contributed by atoms with Crippen molar-refractivity contribution in [1.29, 1.82) is 0 Å². The van der Waals surface area contributed by atoms with Crippen LogP contribution in [0.15, 0.2) is 18.2 Å². The predicted molar refractivity (Wildman–Crippen MR) is 131 cm³/mol. The molecule has 0 radical (unpaired) electrons. The molecule has 0 saturated heterocycles. The van der Waals surface area contributed by atoms with Gasteiger partial charge in [0.2, 0.25) is 0 Å². The van der Waals surface area contributed by atoms with E-state index in [1.807, 2.05) is 6.92 Å². The highest BCUT2D eigenvalue weighted by Gasteiger charge is 2.53. The zero-order valence-electron chi connectivity index (χ0n) is 20.5. The lowest BCUT2D eigenvalue weighted by Crippen LogP contribution is -2.57. The zero-order valence-corrected chi connectivity index (χ0v) is 20.5. The Kier molecular flexibility index (Phi) is 7.45. The Morgan fingerprint density at radius 3 is 1.91 bits per heavy atom. The average Bonchev–Trinajstić information content (AvgIpc) is 2.74. The monoisotopic (exact) mass is 459 g/mol. The van der Waals surface area contributed by atoms with Gasteiger partial charge in [0.25, 0.3) is 0 Å². The van der Waals surface area contributed by atoms with Crippen molar-refractivity contribution in [3.8, 4) is 0 Å². The van der Waals surface area contributed by atoms with Crippen LogP contribution in [-0.4, -0.2) is 32.0 Å². The first-order chi connectivity index (χ1) is 15.5. The molecule has 3 saturated carbocycles. The summed E-state index contributed by atoms with van der Waals surface area (Å²) in [6.45, 7) is 3.90. The van der Waals surface area contributed by atoms with Crippen molar-refractivity contribution in [2.75, 3.05) is 5.73 Å². The molecule has 4 rings (SSSR count). The minimum atomic E-state index is -1.99. The van der Waals surface area contributed by atoms with Gasteiger partial charge >= 0.3 is 0 Å². The van der Waals surface area contributed by atoms with Crippen LogP contribution < -0.4 is 5.73 Å². The Morgan fingerprint density at radius 2 is 1.36 bits per heavy atom. The third-order valence-corrected chi connectivity index (χ3v) is 9.38. The van der Waals surface area contributed by atoms with Crippen LogP contribution in [-0.2, 0) is 0 Å². The molecule has 3 aliphatic rings. The quantitative estimate of drug-likeness (QED) is 0.320. The molecule has 0 unspecified atom stereocenters. The predicted octanol–water partition coefficient (Wildman–Crippen LogP) is 4.85. The van der Waals surface area contributed by atoms with E-state index in [1.54, 1.807) is 0 Å². The van der Waals surface area contributed by atoms with Gasteiger partial charge in [-0.25, -0.2) is 0 Å².